The summed E-state index contributed by atoms with van der Waals surface area (Å²) in [5.74, 6) is 0. The van der Waals surface area contributed by atoms with E-state index < -0.39 is 13.4 Å². The van der Waals surface area contributed by atoms with Gasteiger partial charge in [-0.05, 0) is 52.0 Å². The van der Waals surface area contributed by atoms with Crippen LogP contribution < -0.4 is 51.4 Å². The molecule has 0 unspecified atom stereocenters. The number of benzene rings is 1. The maximum atomic E-state index is 12.5. The van der Waals surface area contributed by atoms with E-state index in [1.165, 1.54) is 10.5 Å². The molecule has 0 bridgehead atoms. The van der Waals surface area contributed by atoms with Crippen molar-refractivity contribution in [2.45, 2.75) is 18.4 Å². The van der Waals surface area contributed by atoms with Crippen LogP contribution in [-0.2, 0) is 5.54 Å². The molecule has 1 aromatic rings. The fraction of sp³-hybridized carbons (Fsp3) is 0.571. The average molecular weight is 324 g/mol. The van der Waals surface area contributed by atoms with Crippen LogP contribution in [0.3, 0.4) is 0 Å². The molecule has 1 heterocycles. The Labute approximate surface area is 167 Å². The monoisotopic (exact) mass is 324 g/mol. The second-order valence-electron chi connectivity index (χ2n) is 5.80. The van der Waals surface area contributed by atoms with Gasteiger partial charge < -0.3 is 17.8 Å². The van der Waals surface area contributed by atoms with E-state index in [9.17, 15) is 12.9 Å². The number of hydrogen-bond acceptors (Lipinski definition) is 2. The Balaban J connectivity index is 0.00000220. The van der Waals surface area contributed by atoms with Crippen molar-refractivity contribution in [2.75, 3.05) is 33.6 Å². The van der Waals surface area contributed by atoms with Gasteiger partial charge in [-0.1, -0.05) is 30.3 Å². The van der Waals surface area contributed by atoms with Gasteiger partial charge in [-0.15, -0.1) is 0 Å². The van der Waals surface area contributed by atoms with Crippen molar-refractivity contribution >= 4 is 6.98 Å². The van der Waals surface area contributed by atoms with Crippen LogP contribution in [-0.4, -0.2) is 50.4 Å². The molecule has 1 aliphatic heterocycles. The minimum absolute atomic E-state index is 0. The number of nitrogens with zero attached hydrogens (tertiary/aromatic N) is 2. The third-order valence-electron chi connectivity index (χ3n) is 4.32. The van der Waals surface area contributed by atoms with Crippen LogP contribution in [0.2, 0.25) is 0 Å². The Morgan fingerprint density at radius 1 is 1.10 bits per heavy atom. The fourth-order valence-corrected chi connectivity index (χ4v) is 3.14. The predicted molar refractivity (Wildman–Crippen MR) is 76.6 cm³/mol. The first-order valence-corrected chi connectivity index (χ1v) is 7.00. The number of piperidine rings is 1. The largest absolute Gasteiger partial charge is 1.00 e. The Morgan fingerprint density at radius 2 is 1.62 bits per heavy atom. The second kappa shape index (κ2) is 7.95. The smallest absolute Gasteiger partial charge is 0.448 e. The molecule has 1 fully saturated rings. The quantitative estimate of drug-likeness (QED) is 0.716. The van der Waals surface area contributed by atoms with Gasteiger partial charge in [-0.3, -0.25) is 4.90 Å². The van der Waals surface area contributed by atoms with Gasteiger partial charge in [0.1, 0.15) is 0 Å². The Morgan fingerprint density at radius 3 is 2.05 bits per heavy atom. The van der Waals surface area contributed by atoms with E-state index in [2.05, 4.69) is 17.0 Å². The standard InChI is InChI=1S/C14H21BF3N2.K/c1-19(2)14(13-6-4-3-5-7-13)8-10-20(11-9-14)12-15(16,17)18;/h3-7H,8-12H2,1-2H3;/q-1;+1. The number of likely N-dealkylation sites (tertiary alicyclic amines) is 1. The molecule has 7 heteroatoms. The molecule has 0 amide bonds. The van der Waals surface area contributed by atoms with Crippen LogP contribution in [0.15, 0.2) is 30.3 Å². The minimum Gasteiger partial charge on any atom is -0.448 e. The normalized spacial score (nSPS) is 19.3. The molecule has 0 spiro atoms. The van der Waals surface area contributed by atoms with E-state index in [1.54, 1.807) is 0 Å². The Kier molecular flexibility index (Phi) is 7.45. The van der Waals surface area contributed by atoms with E-state index in [0.717, 1.165) is 12.8 Å². The van der Waals surface area contributed by atoms with Gasteiger partial charge in [0.15, 0.2) is 0 Å². The summed E-state index contributed by atoms with van der Waals surface area (Å²) in [4.78, 5) is 3.68. The second-order valence-corrected chi connectivity index (χ2v) is 5.80. The molecule has 1 saturated heterocycles. The van der Waals surface area contributed by atoms with Crippen molar-refractivity contribution in [3.8, 4) is 0 Å². The summed E-state index contributed by atoms with van der Waals surface area (Å²) < 4.78 is 37.6. The topological polar surface area (TPSA) is 6.48 Å². The third kappa shape index (κ3) is 5.06. The molecular weight excluding hydrogens is 303 g/mol. The molecule has 0 N–H and O–H groups in total. The van der Waals surface area contributed by atoms with Gasteiger partial charge in [0, 0.05) is 5.54 Å². The molecule has 0 aliphatic carbocycles. The number of hydrogen-bond donors (Lipinski definition) is 0. The molecule has 2 rings (SSSR count). The summed E-state index contributed by atoms with van der Waals surface area (Å²) in [7, 11) is 4.02. The number of halogens is 3. The van der Waals surface area contributed by atoms with E-state index >= 15 is 0 Å². The van der Waals surface area contributed by atoms with E-state index in [-0.39, 0.29) is 56.9 Å². The molecule has 0 radical (unpaired) electrons. The van der Waals surface area contributed by atoms with E-state index in [4.69, 9.17) is 0 Å². The maximum absolute atomic E-state index is 12.5. The summed E-state index contributed by atoms with van der Waals surface area (Å²) >= 11 is 0. The predicted octanol–water partition coefficient (Wildman–Crippen LogP) is -0.0701. The van der Waals surface area contributed by atoms with Gasteiger partial charge in [0.2, 0.25) is 0 Å². The van der Waals surface area contributed by atoms with Gasteiger partial charge in [0.05, 0.1) is 0 Å². The summed E-state index contributed by atoms with van der Waals surface area (Å²) in [6.07, 6.45) is 0.727. The minimum atomic E-state index is -4.73. The number of rotatable bonds is 4. The van der Waals surface area contributed by atoms with Crippen LogP contribution in [0.25, 0.3) is 0 Å². The maximum Gasteiger partial charge on any atom is 1.00 e. The molecule has 0 aromatic heterocycles. The summed E-state index contributed by atoms with van der Waals surface area (Å²) in [6, 6.07) is 10.1. The zero-order chi connectivity index (χ0) is 14.8. The van der Waals surface area contributed by atoms with Gasteiger partial charge in [-0.25, -0.2) is 0 Å². The van der Waals surface area contributed by atoms with Crippen molar-refractivity contribution < 1.29 is 64.3 Å². The Hall–Kier alpha value is 0.631. The van der Waals surface area contributed by atoms with Crippen molar-refractivity contribution in [3.05, 3.63) is 35.9 Å². The van der Waals surface area contributed by atoms with Crippen LogP contribution in [0, 0.1) is 0 Å². The van der Waals surface area contributed by atoms with Gasteiger partial charge in [0.25, 0.3) is 0 Å². The zero-order valence-electron chi connectivity index (χ0n) is 13.0. The molecule has 21 heavy (non-hydrogen) atoms. The molecule has 1 aliphatic rings. The van der Waals surface area contributed by atoms with E-state index in [0.29, 0.717) is 13.1 Å². The van der Waals surface area contributed by atoms with E-state index in [1.807, 2.05) is 32.3 Å². The molecule has 0 atom stereocenters. The summed E-state index contributed by atoms with van der Waals surface area (Å²) in [5, 5.41) is 0. The molecular formula is C14H21BF3KN2. The fourth-order valence-electron chi connectivity index (χ4n) is 3.14. The van der Waals surface area contributed by atoms with Crippen LogP contribution in [0.1, 0.15) is 18.4 Å². The van der Waals surface area contributed by atoms with Gasteiger partial charge >= 0.3 is 58.4 Å². The molecule has 112 valence electrons. The first-order chi connectivity index (χ1) is 9.33. The van der Waals surface area contributed by atoms with Crippen molar-refractivity contribution in [3.63, 3.8) is 0 Å². The molecule has 1 aromatic carbocycles. The van der Waals surface area contributed by atoms with Crippen LogP contribution in [0.4, 0.5) is 12.9 Å². The van der Waals surface area contributed by atoms with Crippen molar-refractivity contribution in [2.24, 2.45) is 0 Å². The zero-order valence-corrected chi connectivity index (χ0v) is 16.2. The van der Waals surface area contributed by atoms with Crippen LogP contribution in [0.5, 0.6) is 0 Å². The van der Waals surface area contributed by atoms with Gasteiger partial charge in [-0.2, -0.15) is 0 Å². The average Bonchev–Trinajstić information content (AvgIpc) is 2.39. The van der Waals surface area contributed by atoms with Crippen LogP contribution >= 0.6 is 0 Å². The Bertz CT molecular complexity index is 432. The van der Waals surface area contributed by atoms with Crippen molar-refractivity contribution in [1.82, 2.24) is 9.80 Å². The first kappa shape index (κ1) is 19.7. The van der Waals surface area contributed by atoms with Crippen molar-refractivity contribution in [1.29, 1.82) is 0 Å². The SMILES string of the molecule is CN(C)C1(c2ccccc2)CCN(C[B-](F)(F)F)CC1.[K+]. The first-order valence-electron chi connectivity index (χ1n) is 7.00. The third-order valence-corrected chi connectivity index (χ3v) is 4.32. The summed E-state index contributed by atoms with van der Waals surface area (Å²) in [5.41, 5.74) is 1.05. The summed E-state index contributed by atoms with van der Waals surface area (Å²) in [6.45, 7) is -3.74. The molecule has 2 nitrogen and oxygen atoms in total. The molecule has 0 saturated carbocycles.